The minimum Gasteiger partial charge on any atom is -0.370 e. The summed E-state index contributed by atoms with van der Waals surface area (Å²) in [7, 11) is 0. The van der Waals surface area contributed by atoms with Crippen molar-refractivity contribution in [3.8, 4) is 0 Å². The predicted octanol–water partition coefficient (Wildman–Crippen LogP) is 8.40. The summed E-state index contributed by atoms with van der Waals surface area (Å²) in [6, 6.07) is 1.06. The van der Waals surface area contributed by atoms with Crippen molar-refractivity contribution in [3.63, 3.8) is 0 Å². The van der Waals surface area contributed by atoms with Gasteiger partial charge in [-0.2, -0.15) is 0 Å². The van der Waals surface area contributed by atoms with Crippen molar-refractivity contribution in [1.82, 2.24) is 14.7 Å². The number of hydrogen-bond donors (Lipinski definition) is 2. The smallest absolute Gasteiger partial charge is 0.194 e. The highest BCUT2D eigenvalue weighted by molar-refractivity contribution is 5.80. The maximum absolute atomic E-state index is 9.24. The zero-order chi connectivity index (χ0) is 30.6. The van der Waals surface area contributed by atoms with Crippen LogP contribution in [0.5, 0.6) is 0 Å². The highest BCUT2D eigenvalue weighted by Crippen LogP contribution is 2.61. The number of aliphatic imine (C=N–C) groups is 1. The van der Waals surface area contributed by atoms with Gasteiger partial charge in [0.1, 0.15) is 0 Å². The molecular formula is C39H68N6. The van der Waals surface area contributed by atoms with Crippen LogP contribution in [0, 0.1) is 40.4 Å². The average Bonchev–Trinajstić information content (AvgIpc) is 3.54. The van der Waals surface area contributed by atoms with Gasteiger partial charge in [-0.1, -0.05) is 77.0 Å². The van der Waals surface area contributed by atoms with Crippen LogP contribution in [0.25, 0.3) is 0 Å². The second-order valence-electron chi connectivity index (χ2n) is 17.6. The lowest BCUT2D eigenvalue weighted by molar-refractivity contribution is -0.0597. The summed E-state index contributed by atoms with van der Waals surface area (Å²) in [5.41, 5.74) is 7.12. The number of nitrogens with two attached hydrogens (primary N) is 1. The molecule has 0 aromatic rings. The van der Waals surface area contributed by atoms with Crippen LogP contribution in [0.3, 0.4) is 0 Å². The molecule has 7 fully saturated rings. The molecule has 0 amide bonds. The molecule has 6 aliphatic carbocycles. The summed E-state index contributed by atoms with van der Waals surface area (Å²) >= 11 is 0. The van der Waals surface area contributed by atoms with Gasteiger partial charge in [-0.25, -0.2) is 0 Å². The maximum Gasteiger partial charge on any atom is 0.194 e. The predicted molar refractivity (Wildman–Crippen MR) is 187 cm³/mol. The van der Waals surface area contributed by atoms with Crippen molar-refractivity contribution >= 4 is 11.9 Å². The second kappa shape index (κ2) is 14.8. The lowest BCUT2D eigenvalue weighted by atomic mass is 9.49. The molecule has 6 nitrogen and oxygen atoms in total. The van der Waals surface area contributed by atoms with Gasteiger partial charge in [0.05, 0.1) is 12.6 Å². The molecule has 254 valence electrons. The third-order valence-corrected chi connectivity index (χ3v) is 14.2. The third-order valence-electron chi connectivity index (χ3n) is 14.2. The normalized spacial score (nSPS) is 35.6. The summed E-state index contributed by atoms with van der Waals surface area (Å²) < 4.78 is 0. The Bertz CT molecular complexity index is 960. The molecule has 8 aliphatic rings. The Morgan fingerprint density at radius 2 is 1.31 bits per heavy atom. The summed E-state index contributed by atoms with van der Waals surface area (Å²) in [5.74, 6) is 6.62. The van der Waals surface area contributed by atoms with Gasteiger partial charge in [0.25, 0.3) is 0 Å². The average molecular weight is 621 g/mol. The Morgan fingerprint density at radius 1 is 0.689 bits per heavy atom. The van der Waals surface area contributed by atoms with Gasteiger partial charge >= 0.3 is 0 Å². The van der Waals surface area contributed by atoms with E-state index in [1.54, 1.807) is 0 Å². The zero-order valence-corrected chi connectivity index (χ0v) is 28.9. The van der Waals surface area contributed by atoms with Gasteiger partial charge in [0.2, 0.25) is 0 Å². The van der Waals surface area contributed by atoms with E-state index < -0.39 is 0 Å². The van der Waals surface area contributed by atoms with Crippen LogP contribution in [-0.4, -0.2) is 71.4 Å². The first-order chi connectivity index (χ1) is 22.0. The van der Waals surface area contributed by atoms with E-state index >= 15 is 0 Å². The number of nitrogens with one attached hydrogen (secondary N) is 1. The fourth-order valence-corrected chi connectivity index (χ4v) is 12.2. The van der Waals surface area contributed by atoms with Crippen molar-refractivity contribution in [1.29, 1.82) is 5.41 Å². The van der Waals surface area contributed by atoms with E-state index in [1.165, 1.54) is 154 Å². The number of rotatable bonds is 15. The van der Waals surface area contributed by atoms with Crippen molar-refractivity contribution in [3.05, 3.63) is 0 Å². The Labute approximate surface area is 276 Å². The minimum atomic E-state index is 0.497. The summed E-state index contributed by atoms with van der Waals surface area (Å²) in [6.45, 7) is 5.27. The zero-order valence-electron chi connectivity index (χ0n) is 28.9. The van der Waals surface area contributed by atoms with Crippen LogP contribution < -0.4 is 5.73 Å². The fraction of sp³-hybridized carbons (Fsp3) is 0.949. The molecule has 2 atom stereocenters. The van der Waals surface area contributed by atoms with Crippen molar-refractivity contribution in [2.45, 2.75) is 166 Å². The molecule has 1 saturated heterocycles. The Morgan fingerprint density at radius 3 is 2.00 bits per heavy atom. The van der Waals surface area contributed by atoms with E-state index in [9.17, 15) is 5.41 Å². The SMILES string of the molecule is N=C1N(CCCC[C@H]2CN=C(N)N2CCC23CC4CC(CC(C4)C2)C3)C[C@H](CC2CCCCC2)N1CCCCC1CCCCC1. The number of unbranched alkanes of at least 4 members (excludes halogenated alkanes) is 2. The molecule has 0 aromatic carbocycles. The van der Waals surface area contributed by atoms with E-state index in [4.69, 9.17) is 10.7 Å². The van der Waals surface area contributed by atoms with Crippen LogP contribution in [0.15, 0.2) is 4.99 Å². The molecule has 2 aliphatic heterocycles. The molecule has 3 N–H and O–H groups in total. The first-order valence-electron chi connectivity index (χ1n) is 20.2. The summed E-state index contributed by atoms with van der Waals surface area (Å²) in [5, 5.41) is 9.24. The van der Waals surface area contributed by atoms with Gasteiger partial charge in [0, 0.05) is 32.2 Å². The van der Waals surface area contributed by atoms with Crippen LogP contribution in [-0.2, 0) is 0 Å². The molecular weight excluding hydrogens is 552 g/mol. The molecule has 0 unspecified atom stereocenters. The second-order valence-corrected chi connectivity index (χ2v) is 17.6. The lowest BCUT2D eigenvalue weighted by Gasteiger charge is -2.57. The standard InChI is InChI=1S/C39H68N6/c40-37-42-28-35(44(37)20-17-39-25-32-21-33(26-39)23-34(22-32)27-39)16-8-9-18-43-29-36(24-31-14-5-2-6-15-31)45(38(43)41)19-10-7-13-30-11-3-1-4-12-30/h30-36,41H,1-29H2,(H2,40,42)/t32?,33?,34?,35-,36-,39?/m0/s1. The number of guanidine groups is 2. The van der Waals surface area contributed by atoms with Crippen LogP contribution >= 0.6 is 0 Å². The van der Waals surface area contributed by atoms with Gasteiger partial charge in [-0.15, -0.1) is 0 Å². The van der Waals surface area contributed by atoms with E-state index in [0.29, 0.717) is 17.5 Å². The molecule has 6 saturated carbocycles. The highest BCUT2D eigenvalue weighted by Gasteiger charge is 2.50. The number of hydrogen-bond acceptors (Lipinski definition) is 4. The van der Waals surface area contributed by atoms with E-state index in [-0.39, 0.29) is 0 Å². The Kier molecular flexibility index (Phi) is 10.5. The van der Waals surface area contributed by atoms with Crippen LogP contribution in [0.4, 0.5) is 0 Å². The summed E-state index contributed by atoms with van der Waals surface area (Å²) in [6.07, 6.45) is 33.8. The van der Waals surface area contributed by atoms with Gasteiger partial charge in [0.15, 0.2) is 11.9 Å². The number of nitrogens with zero attached hydrogens (tertiary/aromatic N) is 4. The van der Waals surface area contributed by atoms with Gasteiger partial charge in [-0.05, 0) is 112 Å². The first-order valence-corrected chi connectivity index (χ1v) is 20.2. The molecule has 0 aromatic heterocycles. The molecule has 8 rings (SSSR count). The molecule has 6 heteroatoms. The summed E-state index contributed by atoms with van der Waals surface area (Å²) in [4.78, 5) is 12.3. The van der Waals surface area contributed by atoms with Crippen LogP contribution in [0.2, 0.25) is 0 Å². The Hall–Kier alpha value is -1.46. The fourth-order valence-electron chi connectivity index (χ4n) is 12.2. The van der Waals surface area contributed by atoms with E-state index in [1.807, 2.05) is 0 Å². The first kappa shape index (κ1) is 32.1. The Balaban J connectivity index is 0.862. The maximum atomic E-state index is 9.24. The monoisotopic (exact) mass is 621 g/mol. The quantitative estimate of drug-likeness (QED) is 0.180. The molecule has 2 heterocycles. The van der Waals surface area contributed by atoms with Crippen LogP contribution in [0.1, 0.15) is 154 Å². The molecule has 0 spiro atoms. The van der Waals surface area contributed by atoms with Gasteiger partial charge in [-0.3, -0.25) is 10.4 Å². The topological polar surface area (TPSA) is 71.9 Å². The van der Waals surface area contributed by atoms with Gasteiger partial charge < -0.3 is 20.4 Å². The van der Waals surface area contributed by atoms with Crippen molar-refractivity contribution in [2.75, 3.05) is 32.7 Å². The molecule has 4 bridgehead atoms. The lowest BCUT2D eigenvalue weighted by Crippen LogP contribution is -2.49. The molecule has 0 radical (unpaired) electrons. The van der Waals surface area contributed by atoms with Crippen molar-refractivity contribution in [2.24, 2.45) is 45.7 Å². The minimum absolute atomic E-state index is 0.497. The van der Waals surface area contributed by atoms with E-state index in [0.717, 1.165) is 74.2 Å². The highest BCUT2D eigenvalue weighted by atomic mass is 15.4. The van der Waals surface area contributed by atoms with E-state index in [2.05, 4.69) is 14.7 Å². The van der Waals surface area contributed by atoms with Crippen molar-refractivity contribution < 1.29 is 0 Å². The molecule has 45 heavy (non-hydrogen) atoms. The third kappa shape index (κ3) is 7.82. The largest absolute Gasteiger partial charge is 0.370 e.